The van der Waals surface area contributed by atoms with E-state index in [1.54, 1.807) is 0 Å². The summed E-state index contributed by atoms with van der Waals surface area (Å²) in [4.78, 5) is 0. The summed E-state index contributed by atoms with van der Waals surface area (Å²) in [6.07, 6.45) is 1.06. The van der Waals surface area contributed by atoms with E-state index in [-0.39, 0.29) is 0 Å². The van der Waals surface area contributed by atoms with Gasteiger partial charge in [0.25, 0.3) is 0 Å². The summed E-state index contributed by atoms with van der Waals surface area (Å²) in [6, 6.07) is 8.68. The van der Waals surface area contributed by atoms with E-state index in [2.05, 4.69) is 65.8 Å². The third-order valence-corrected chi connectivity index (χ3v) is 4.05. The maximum absolute atomic E-state index is 6.16. The summed E-state index contributed by atoms with van der Waals surface area (Å²) in [5.41, 5.74) is 7.67. The smallest absolute Gasteiger partial charge is 0.133 e. The third kappa shape index (κ3) is 2.87. The van der Waals surface area contributed by atoms with Crippen molar-refractivity contribution < 1.29 is 4.74 Å². The second kappa shape index (κ2) is 5.70. The molecule has 0 amide bonds. The van der Waals surface area contributed by atoms with E-state index in [1.165, 1.54) is 33.4 Å². The second-order valence-corrected chi connectivity index (χ2v) is 5.70. The lowest BCUT2D eigenvalue weighted by atomic mass is 10.0. The standard InChI is InChI=1S/C19H24O/c1-7-17-8-14(4)19(15(5)9-17)20-18-10-12(2)16(6)13(3)11-18/h8-11H,7H2,1-6H3. The summed E-state index contributed by atoms with van der Waals surface area (Å²) in [7, 11) is 0. The van der Waals surface area contributed by atoms with Crippen LogP contribution in [0.4, 0.5) is 0 Å². The van der Waals surface area contributed by atoms with Gasteiger partial charge in [-0.15, -0.1) is 0 Å². The van der Waals surface area contributed by atoms with Crippen LogP contribution < -0.4 is 4.74 Å². The highest BCUT2D eigenvalue weighted by atomic mass is 16.5. The number of benzene rings is 2. The number of hydrogen-bond acceptors (Lipinski definition) is 1. The first-order valence-corrected chi connectivity index (χ1v) is 7.28. The van der Waals surface area contributed by atoms with Crippen LogP contribution in [-0.2, 0) is 6.42 Å². The van der Waals surface area contributed by atoms with Crippen LogP contribution in [0.2, 0.25) is 0 Å². The molecule has 0 aliphatic rings. The Balaban J connectivity index is 2.40. The van der Waals surface area contributed by atoms with Crippen molar-refractivity contribution in [2.75, 3.05) is 0 Å². The topological polar surface area (TPSA) is 9.23 Å². The van der Waals surface area contributed by atoms with Crippen LogP contribution in [0.5, 0.6) is 11.5 Å². The summed E-state index contributed by atoms with van der Waals surface area (Å²) in [6.45, 7) is 12.8. The van der Waals surface area contributed by atoms with Gasteiger partial charge in [-0.3, -0.25) is 0 Å². The molecule has 0 saturated carbocycles. The maximum atomic E-state index is 6.16. The Hall–Kier alpha value is -1.76. The Morgan fingerprint density at radius 3 is 1.70 bits per heavy atom. The van der Waals surface area contributed by atoms with E-state index < -0.39 is 0 Å². The van der Waals surface area contributed by atoms with Gasteiger partial charge in [0.1, 0.15) is 11.5 Å². The van der Waals surface area contributed by atoms with Crippen LogP contribution in [0.1, 0.15) is 40.3 Å². The summed E-state index contributed by atoms with van der Waals surface area (Å²) >= 11 is 0. The third-order valence-electron chi connectivity index (χ3n) is 4.05. The molecule has 0 bridgehead atoms. The molecular weight excluding hydrogens is 244 g/mol. The van der Waals surface area contributed by atoms with Gasteiger partial charge in [0.2, 0.25) is 0 Å². The van der Waals surface area contributed by atoms with Gasteiger partial charge >= 0.3 is 0 Å². The van der Waals surface area contributed by atoms with E-state index in [4.69, 9.17) is 4.74 Å². The predicted molar refractivity (Wildman–Crippen MR) is 86.0 cm³/mol. The molecule has 1 nitrogen and oxygen atoms in total. The highest BCUT2D eigenvalue weighted by molar-refractivity contribution is 5.48. The number of hydrogen-bond donors (Lipinski definition) is 0. The Bertz CT molecular complexity index is 592. The predicted octanol–water partition coefficient (Wildman–Crippen LogP) is 5.58. The zero-order chi connectivity index (χ0) is 14.9. The molecule has 0 heterocycles. The van der Waals surface area contributed by atoms with Gasteiger partial charge in [0.05, 0.1) is 0 Å². The van der Waals surface area contributed by atoms with Crippen LogP contribution in [0.15, 0.2) is 24.3 Å². The number of ether oxygens (including phenoxy) is 1. The zero-order valence-electron chi connectivity index (χ0n) is 13.4. The molecule has 0 aromatic heterocycles. The lowest BCUT2D eigenvalue weighted by Gasteiger charge is -2.15. The number of aryl methyl sites for hydroxylation is 5. The molecule has 2 rings (SSSR count). The van der Waals surface area contributed by atoms with Crippen molar-refractivity contribution in [3.63, 3.8) is 0 Å². The SMILES string of the molecule is CCc1cc(C)c(Oc2cc(C)c(C)c(C)c2)c(C)c1. The monoisotopic (exact) mass is 268 g/mol. The van der Waals surface area contributed by atoms with Crippen molar-refractivity contribution in [1.82, 2.24) is 0 Å². The molecule has 106 valence electrons. The van der Waals surface area contributed by atoms with Crippen LogP contribution >= 0.6 is 0 Å². The minimum absolute atomic E-state index is 0.932. The summed E-state index contributed by atoms with van der Waals surface area (Å²) < 4.78 is 6.16. The fourth-order valence-corrected chi connectivity index (χ4v) is 2.58. The molecule has 1 heteroatoms. The van der Waals surface area contributed by atoms with Crippen molar-refractivity contribution in [2.24, 2.45) is 0 Å². The molecule has 0 aliphatic carbocycles. The van der Waals surface area contributed by atoms with E-state index in [1.807, 2.05) is 0 Å². The first kappa shape index (κ1) is 14.6. The first-order valence-electron chi connectivity index (χ1n) is 7.28. The molecule has 0 atom stereocenters. The average Bonchev–Trinajstić information content (AvgIpc) is 2.39. The van der Waals surface area contributed by atoms with E-state index in [0.29, 0.717) is 0 Å². The van der Waals surface area contributed by atoms with Crippen molar-refractivity contribution in [3.8, 4) is 11.5 Å². The Morgan fingerprint density at radius 1 is 0.750 bits per heavy atom. The minimum atomic E-state index is 0.932. The van der Waals surface area contributed by atoms with Crippen LogP contribution in [-0.4, -0.2) is 0 Å². The van der Waals surface area contributed by atoms with Gasteiger partial charge in [0.15, 0.2) is 0 Å². The van der Waals surface area contributed by atoms with E-state index in [9.17, 15) is 0 Å². The molecule has 0 aliphatic heterocycles. The van der Waals surface area contributed by atoms with Gasteiger partial charge in [0, 0.05) is 0 Å². The first-order chi connectivity index (χ1) is 9.42. The zero-order valence-corrected chi connectivity index (χ0v) is 13.4. The molecular formula is C19H24O. The maximum Gasteiger partial charge on any atom is 0.133 e. The van der Waals surface area contributed by atoms with Gasteiger partial charge < -0.3 is 4.74 Å². The van der Waals surface area contributed by atoms with E-state index in [0.717, 1.165) is 17.9 Å². The van der Waals surface area contributed by atoms with Crippen LogP contribution in [0, 0.1) is 34.6 Å². The molecule has 0 saturated heterocycles. The fourth-order valence-electron chi connectivity index (χ4n) is 2.58. The Labute approximate surface area is 122 Å². The van der Waals surface area contributed by atoms with E-state index >= 15 is 0 Å². The molecule has 0 radical (unpaired) electrons. The van der Waals surface area contributed by atoms with Crippen LogP contribution in [0.25, 0.3) is 0 Å². The highest BCUT2D eigenvalue weighted by Gasteiger charge is 2.09. The molecule has 0 N–H and O–H groups in total. The molecule has 0 spiro atoms. The minimum Gasteiger partial charge on any atom is -0.457 e. The highest BCUT2D eigenvalue weighted by Crippen LogP contribution is 2.31. The average molecular weight is 268 g/mol. The van der Waals surface area contributed by atoms with Crippen molar-refractivity contribution >= 4 is 0 Å². The number of rotatable bonds is 3. The van der Waals surface area contributed by atoms with Gasteiger partial charge in [-0.1, -0.05) is 19.1 Å². The lowest BCUT2D eigenvalue weighted by molar-refractivity contribution is 0.474. The van der Waals surface area contributed by atoms with Crippen LogP contribution in [0.3, 0.4) is 0 Å². The summed E-state index contributed by atoms with van der Waals surface area (Å²) in [5.74, 6) is 1.92. The normalized spacial score (nSPS) is 10.7. The largest absolute Gasteiger partial charge is 0.457 e. The van der Waals surface area contributed by atoms with Crippen molar-refractivity contribution in [2.45, 2.75) is 48.0 Å². The fraction of sp³-hybridized carbons (Fsp3) is 0.368. The Morgan fingerprint density at radius 2 is 1.25 bits per heavy atom. The molecule has 2 aromatic carbocycles. The van der Waals surface area contributed by atoms with Gasteiger partial charge in [-0.25, -0.2) is 0 Å². The summed E-state index contributed by atoms with van der Waals surface area (Å²) in [5, 5.41) is 0. The quantitative estimate of drug-likeness (QED) is 0.705. The molecule has 0 fully saturated rings. The Kier molecular flexibility index (Phi) is 4.17. The molecule has 0 unspecified atom stereocenters. The van der Waals surface area contributed by atoms with Crippen molar-refractivity contribution in [3.05, 3.63) is 57.6 Å². The molecule has 20 heavy (non-hydrogen) atoms. The molecule has 2 aromatic rings. The van der Waals surface area contributed by atoms with Gasteiger partial charge in [-0.05, 0) is 86.6 Å². The second-order valence-electron chi connectivity index (χ2n) is 5.70. The lowest BCUT2D eigenvalue weighted by Crippen LogP contribution is -1.95. The van der Waals surface area contributed by atoms with Crippen molar-refractivity contribution in [1.29, 1.82) is 0 Å². The van der Waals surface area contributed by atoms with Gasteiger partial charge in [-0.2, -0.15) is 0 Å².